The number of ketones is 1. The summed E-state index contributed by atoms with van der Waals surface area (Å²) >= 11 is 3.01. The van der Waals surface area contributed by atoms with Gasteiger partial charge in [-0.05, 0) is 56.9 Å². The van der Waals surface area contributed by atoms with Crippen LogP contribution in [0.3, 0.4) is 0 Å². The van der Waals surface area contributed by atoms with Crippen molar-refractivity contribution >= 4 is 50.4 Å². The average Bonchev–Trinajstić information content (AvgIpc) is 3.07. The second kappa shape index (κ2) is 6.78. The third-order valence-corrected chi connectivity index (χ3v) is 5.00. The Kier molecular flexibility index (Phi) is 5.05. The van der Waals surface area contributed by atoms with Gasteiger partial charge in [0, 0.05) is 5.41 Å². The molecule has 0 aliphatic carbocycles. The fourth-order valence-corrected chi connectivity index (χ4v) is 3.62. The average molecular weight is 324 g/mol. The lowest BCUT2D eigenvalue weighted by Gasteiger charge is -1.94. The van der Waals surface area contributed by atoms with Crippen molar-refractivity contribution < 1.29 is 13.2 Å². The largest absolute Gasteiger partial charge is 0.294 e. The number of allylic oxidation sites excluding steroid dienone is 1. The highest BCUT2D eigenvalue weighted by Crippen LogP contribution is 2.10. The summed E-state index contributed by atoms with van der Waals surface area (Å²) in [5, 5.41) is 8.57. The molecule has 2 rings (SSSR count). The fraction of sp³-hybridized carbons (Fsp3) is 0.0714. The first-order valence-electron chi connectivity index (χ1n) is 5.71. The van der Waals surface area contributed by atoms with E-state index in [9.17, 15) is 13.2 Å². The Labute approximate surface area is 125 Å². The molecule has 0 N–H and O–H groups in total. The van der Waals surface area contributed by atoms with Crippen LogP contribution in [-0.4, -0.2) is 20.0 Å². The van der Waals surface area contributed by atoms with E-state index in [1.807, 2.05) is 33.7 Å². The predicted molar refractivity (Wildman–Crippen MR) is 85.5 cm³/mol. The number of carbonyl (C=O) groups excluding carboxylic acids is 1. The minimum Gasteiger partial charge on any atom is -0.294 e. The van der Waals surface area contributed by atoms with E-state index in [-0.39, 0.29) is 0 Å². The lowest BCUT2D eigenvalue weighted by atomic mass is 10.3. The zero-order valence-electron chi connectivity index (χ0n) is 10.4. The van der Waals surface area contributed by atoms with Crippen molar-refractivity contribution in [2.75, 3.05) is 5.75 Å². The summed E-state index contributed by atoms with van der Waals surface area (Å²) in [5.74, 6) is -0.931. The van der Waals surface area contributed by atoms with E-state index in [1.54, 1.807) is 6.08 Å². The van der Waals surface area contributed by atoms with E-state index in [4.69, 9.17) is 0 Å². The quantitative estimate of drug-likeness (QED) is 0.764. The molecular formula is C14H12O3S3. The van der Waals surface area contributed by atoms with Crippen molar-refractivity contribution in [2.24, 2.45) is 0 Å². The van der Waals surface area contributed by atoms with E-state index in [2.05, 4.69) is 0 Å². The number of hydrogen-bond donors (Lipinski definition) is 0. The molecule has 2 aromatic rings. The summed E-state index contributed by atoms with van der Waals surface area (Å²) in [6, 6.07) is 3.67. The third kappa shape index (κ3) is 4.88. The van der Waals surface area contributed by atoms with Crippen LogP contribution in [0, 0.1) is 0 Å². The van der Waals surface area contributed by atoms with Crippen molar-refractivity contribution in [3.05, 3.63) is 56.3 Å². The molecule has 2 aromatic heterocycles. The van der Waals surface area contributed by atoms with Crippen LogP contribution in [0.4, 0.5) is 0 Å². The van der Waals surface area contributed by atoms with Crippen LogP contribution in [0.15, 0.2) is 45.1 Å². The Hall–Kier alpha value is -1.50. The molecule has 0 unspecified atom stereocenters. The van der Waals surface area contributed by atoms with Crippen molar-refractivity contribution in [1.29, 1.82) is 0 Å². The molecule has 0 fully saturated rings. The highest BCUT2D eigenvalue weighted by molar-refractivity contribution is 7.95. The van der Waals surface area contributed by atoms with Gasteiger partial charge in [0.05, 0.1) is 0 Å². The predicted octanol–water partition coefficient (Wildman–Crippen LogP) is 3.48. The minimum absolute atomic E-state index is 0.425. The zero-order chi connectivity index (χ0) is 14.4. The third-order valence-electron chi connectivity index (χ3n) is 2.36. The smallest absolute Gasteiger partial charge is 0.179 e. The van der Waals surface area contributed by atoms with E-state index in [1.165, 1.54) is 34.8 Å². The maximum atomic E-state index is 11.8. The summed E-state index contributed by atoms with van der Waals surface area (Å²) < 4.78 is 23.5. The monoisotopic (exact) mass is 324 g/mol. The molecule has 20 heavy (non-hydrogen) atoms. The summed E-state index contributed by atoms with van der Waals surface area (Å²) in [6.07, 6.45) is 4.43. The topological polar surface area (TPSA) is 51.2 Å². The molecule has 0 aromatic carbocycles. The van der Waals surface area contributed by atoms with Gasteiger partial charge in [0.25, 0.3) is 0 Å². The number of sulfone groups is 1. The molecule has 104 valence electrons. The van der Waals surface area contributed by atoms with Crippen LogP contribution in [-0.2, 0) is 14.6 Å². The SMILES string of the molecule is O=C(/C=C/c1ccsc1)CS(=O)(=O)C=Cc1ccsc1. The molecule has 0 atom stereocenters. The van der Waals surface area contributed by atoms with Crippen molar-refractivity contribution in [3.8, 4) is 0 Å². The Balaban J connectivity index is 1.96. The van der Waals surface area contributed by atoms with Gasteiger partial charge in [-0.1, -0.05) is 6.08 Å². The molecule has 0 spiro atoms. The van der Waals surface area contributed by atoms with Crippen molar-refractivity contribution in [2.45, 2.75) is 0 Å². The van der Waals surface area contributed by atoms with Gasteiger partial charge in [-0.15, -0.1) is 0 Å². The van der Waals surface area contributed by atoms with Crippen molar-refractivity contribution in [1.82, 2.24) is 0 Å². The Morgan fingerprint density at radius 1 is 1.05 bits per heavy atom. The molecule has 3 nitrogen and oxygen atoms in total. The molecule has 0 aliphatic heterocycles. The first kappa shape index (κ1) is 14.9. The minimum atomic E-state index is -3.52. The standard InChI is InChI=1S/C14H12O3S3/c15-14(2-1-12-3-6-18-9-12)11-20(16,17)8-5-13-4-7-19-10-13/h1-10H,11H2/b2-1+,8-5?. The normalized spacial score (nSPS) is 12.4. The van der Waals surface area contributed by atoms with Gasteiger partial charge in [-0.25, -0.2) is 8.42 Å². The second-order valence-corrected chi connectivity index (χ2v) is 7.47. The first-order valence-corrected chi connectivity index (χ1v) is 9.31. The number of carbonyl (C=O) groups is 1. The lowest BCUT2D eigenvalue weighted by Crippen LogP contribution is -2.11. The van der Waals surface area contributed by atoms with Crippen LogP contribution >= 0.6 is 22.7 Å². The zero-order valence-corrected chi connectivity index (χ0v) is 12.9. The van der Waals surface area contributed by atoms with Gasteiger partial charge < -0.3 is 0 Å². The Morgan fingerprint density at radius 2 is 1.65 bits per heavy atom. The van der Waals surface area contributed by atoms with Crippen LogP contribution in [0.2, 0.25) is 0 Å². The van der Waals surface area contributed by atoms with Gasteiger partial charge in [-0.2, -0.15) is 22.7 Å². The lowest BCUT2D eigenvalue weighted by molar-refractivity contribution is -0.112. The summed E-state index contributed by atoms with van der Waals surface area (Å²) in [4.78, 5) is 11.6. The molecular weight excluding hydrogens is 312 g/mol. The number of hydrogen-bond acceptors (Lipinski definition) is 5. The first-order chi connectivity index (χ1) is 9.55. The molecule has 0 bridgehead atoms. The summed E-state index contributed by atoms with van der Waals surface area (Å²) in [5.41, 5.74) is 1.72. The van der Waals surface area contributed by atoms with E-state index >= 15 is 0 Å². The maximum Gasteiger partial charge on any atom is 0.179 e. The van der Waals surface area contributed by atoms with Gasteiger partial charge in [0.1, 0.15) is 5.75 Å². The molecule has 0 amide bonds. The highest BCUT2D eigenvalue weighted by atomic mass is 32.2. The highest BCUT2D eigenvalue weighted by Gasteiger charge is 2.11. The van der Waals surface area contributed by atoms with Crippen LogP contribution < -0.4 is 0 Å². The van der Waals surface area contributed by atoms with Crippen LogP contribution in [0.1, 0.15) is 11.1 Å². The summed E-state index contributed by atoms with van der Waals surface area (Å²) in [6.45, 7) is 0. The van der Waals surface area contributed by atoms with Gasteiger partial charge in [0.2, 0.25) is 0 Å². The van der Waals surface area contributed by atoms with E-state index in [0.29, 0.717) is 0 Å². The van der Waals surface area contributed by atoms with Crippen LogP contribution in [0.25, 0.3) is 12.2 Å². The fourth-order valence-electron chi connectivity index (χ4n) is 1.41. The second-order valence-electron chi connectivity index (χ2n) is 4.02. The van der Waals surface area contributed by atoms with E-state index in [0.717, 1.165) is 16.5 Å². The molecule has 0 saturated heterocycles. The van der Waals surface area contributed by atoms with Crippen molar-refractivity contribution in [3.63, 3.8) is 0 Å². The van der Waals surface area contributed by atoms with Gasteiger partial charge in [-0.3, -0.25) is 4.79 Å². The van der Waals surface area contributed by atoms with E-state index < -0.39 is 21.4 Å². The molecule has 0 radical (unpaired) electrons. The van der Waals surface area contributed by atoms with Gasteiger partial charge in [0.15, 0.2) is 15.6 Å². The molecule has 6 heteroatoms. The van der Waals surface area contributed by atoms with Gasteiger partial charge >= 0.3 is 0 Å². The molecule has 0 saturated carbocycles. The van der Waals surface area contributed by atoms with Crippen LogP contribution in [0.5, 0.6) is 0 Å². The number of rotatable bonds is 6. The molecule has 0 aliphatic rings. The Morgan fingerprint density at radius 3 is 2.20 bits per heavy atom. The summed E-state index contributed by atoms with van der Waals surface area (Å²) in [7, 11) is -3.52. The maximum absolute atomic E-state index is 11.8. The molecule has 2 heterocycles. The Bertz CT molecular complexity index is 706. The number of thiophene rings is 2.